The third-order valence-corrected chi connectivity index (χ3v) is 3.36. The van der Waals surface area contributed by atoms with Crippen LogP contribution >= 0.6 is 0 Å². The lowest BCUT2D eigenvalue weighted by Crippen LogP contribution is -2.39. The van der Waals surface area contributed by atoms with Gasteiger partial charge in [-0.2, -0.15) is 0 Å². The van der Waals surface area contributed by atoms with E-state index in [0.717, 1.165) is 0 Å². The summed E-state index contributed by atoms with van der Waals surface area (Å²) < 4.78 is 0. The molecule has 2 heterocycles. The van der Waals surface area contributed by atoms with Crippen molar-refractivity contribution in [2.75, 3.05) is 26.2 Å². The molecule has 1 saturated heterocycles. The Hall–Kier alpha value is -2.64. The summed E-state index contributed by atoms with van der Waals surface area (Å²) >= 11 is 0. The van der Waals surface area contributed by atoms with Crippen LogP contribution in [-0.2, 0) is 0 Å². The van der Waals surface area contributed by atoms with Crippen molar-refractivity contribution in [1.29, 1.82) is 0 Å². The molecule has 0 unspecified atom stereocenters. The van der Waals surface area contributed by atoms with Crippen molar-refractivity contribution in [1.82, 2.24) is 14.8 Å². The molecule has 0 radical (unpaired) electrons. The molecule has 2 rings (SSSR count). The fourth-order valence-electron chi connectivity index (χ4n) is 2.17. The maximum Gasteiger partial charge on any atom is 0.314 e. The van der Waals surface area contributed by atoms with Gasteiger partial charge in [-0.15, -0.1) is 0 Å². The molecule has 1 aliphatic heterocycles. The molecule has 0 spiro atoms. The van der Waals surface area contributed by atoms with Crippen LogP contribution in [0.2, 0.25) is 0 Å². The second kappa shape index (κ2) is 6.21. The number of rotatable bonds is 2. The lowest BCUT2D eigenvalue weighted by molar-refractivity contribution is 0.0756. The lowest BCUT2D eigenvalue weighted by Gasteiger charge is -2.20. The fraction of sp³-hybridized carbons (Fsp3) is 0.385. The summed E-state index contributed by atoms with van der Waals surface area (Å²) in [7, 11) is 0. The lowest BCUT2D eigenvalue weighted by atomic mass is 10.2. The maximum atomic E-state index is 12.3. The molecule has 0 aliphatic carbocycles. The van der Waals surface area contributed by atoms with E-state index in [4.69, 9.17) is 11.5 Å². The smallest absolute Gasteiger partial charge is 0.314 e. The monoisotopic (exact) mass is 291 g/mol. The number of carbonyl (C=O) groups is 3. The van der Waals surface area contributed by atoms with Gasteiger partial charge >= 0.3 is 6.03 Å². The van der Waals surface area contributed by atoms with Crippen LogP contribution in [-0.4, -0.2) is 58.8 Å². The first-order valence-electron chi connectivity index (χ1n) is 6.58. The number of pyridine rings is 1. The van der Waals surface area contributed by atoms with Crippen LogP contribution in [0.4, 0.5) is 4.79 Å². The molecule has 1 aromatic rings. The Morgan fingerprint density at radius 1 is 1.00 bits per heavy atom. The molecule has 4 amide bonds. The van der Waals surface area contributed by atoms with Gasteiger partial charge in [-0.25, -0.2) is 4.79 Å². The molecular weight excluding hydrogens is 274 g/mol. The van der Waals surface area contributed by atoms with Gasteiger partial charge < -0.3 is 21.3 Å². The minimum Gasteiger partial charge on any atom is -0.366 e. The van der Waals surface area contributed by atoms with Crippen LogP contribution in [0.3, 0.4) is 0 Å². The number of amides is 4. The zero-order valence-corrected chi connectivity index (χ0v) is 11.5. The Bertz CT molecular complexity index is 557. The molecule has 0 atom stereocenters. The maximum absolute atomic E-state index is 12.3. The minimum atomic E-state index is -0.589. The second-order valence-electron chi connectivity index (χ2n) is 4.77. The predicted octanol–water partition coefficient (Wildman–Crippen LogP) is -0.593. The van der Waals surface area contributed by atoms with E-state index in [1.165, 1.54) is 23.2 Å². The van der Waals surface area contributed by atoms with Crippen LogP contribution in [0.25, 0.3) is 0 Å². The first-order chi connectivity index (χ1) is 9.99. The summed E-state index contributed by atoms with van der Waals surface area (Å²) in [6, 6.07) is 2.46. The van der Waals surface area contributed by atoms with Crippen LogP contribution in [0.1, 0.15) is 27.3 Å². The predicted molar refractivity (Wildman–Crippen MR) is 74.4 cm³/mol. The van der Waals surface area contributed by atoms with Crippen molar-refractivity contribution < 1.29 is 14.4 Å². The van der Waals surface area contributed by atoms with Crippen molar-refractivity contribution in [3.05, 3.63) is 29.6 Å². The summed E-state index contributed by atoms with van der Waals surface area (Å²) in [5, 5.41) is 0. The summed E-state index contributed by atoms with van der Waals surface area (Å²) in [6.07, 6.45) is 1.94. The topological polar surface area (TPSA) is 123 Å². The number of hydrogen-bond acceptors (Lipinski definition) is 4. The zero-order valence-electron chi connectivity index (χ0n) is 11.5. The summed E-state index contributed by atoms with van der Waals surface area (Å²) in [5.74, 6) is -0.828. The molecule has 112 valence electrons. The van der Waals surface area contributed by atoms with E-state index < -0.39 is 11.9 Å². The van der Waals surface area contributed by atoms with E-state index in [0.29, 0.717) is 32.6 Å². The number of nitrogens with zero attached hydrogens (tertiary/aromatic N) is 3. The van der Waals surface area contributed by atoms with Crippen molar-refractivity contribution >= 4 is 17.8 Å². The molecule has 0 aromatic carbocycles. The van der Waals surface area contributed by atoms with E-state index in [9.17, 15) is 14.4 Å². The van der Waals surface area contributed by atoms with Gasteiger partial charge in [0, 0.05) is 32.4 Å². The molecule has 0 saturated carbocycles. The van der Waals surface area contributed by atoms with Gasteiger partial charge in [0.05, 0.1) is 5.56 Å². The molecule has 8 nitrogen and oxygen atoms in total. The second-order valence-corrected chi connectivity index (χ2v) is 4.77. The molecule has 8 heteroatoms. The van der Waals surface area contributed by atoms with Gasteiger partial charge in [0.1, 0.15) is 5.69 Å². The highest BCUT2D eigenvalue weighted by Gasteiger charge is 2.22. The first kappa shape index (κ1) is 14.8. The minimum absolute atomic E-state index is 0.239. The Balaban J connectivity index is 2.05. The van der Waals surface area contributed by atoms with Crippen molar-refractivity contribution in [3.8, 4) is 0 Å². The third kappa shape index (κ3) is 3.47. The van der Waals surface area contributed by atoms with Crippen LogP contribution in [0.15, 0.2) is 18.3 Å². The van der Waals surface area contributed by atoms with Gasteiger partial charge in [-0.05, 0) is 18.6 Å². The number of urea groups is 1. The molecule has 4 N–H and O–H groups in total. The van der Waals surface area contributed by atoms with E-state index in [-0.39, 0.29) is 17.2 Å². The van der Waals surface area contributed by atoms with Gasteiger partial charge in [-0.1, -0.05) is 0 Å². The molecule has 1 fully saturated rings. The SMILES string of the molecule is NC(=O)c1ccc(C(=O)N2CCCN(C(N)=O)CC2)nc1. The van der Waals surface area contributed by atoms with Crippen LogP contribution < -0.4 is 11.5 Å². The quantitative estimate of drug-likeness (QED) is 0.755. The molecule has 21 heavy (non-hydrogen) atoms. The number of hydrogen-bond donors (Lipinski definition) is 2. The first-order valence-corrected chi connectivity index (χ1v) is 6.58. The van der Waals surface area contributed by atoms with E-state index in [1.54, 1.807) is 4.90 Å². The summed E-state index contributed by atoms with van der Waals surface area (Å²) in [4.78, 5) is 41.5. The molecular formula is C13H17N5O3. The van der Waals surface area contributed by atoms with Crippen molar-refractivity contribution in [2.45, 2.75) is 6.42 Å². The molecule has 0 bridgehead atoms. The van der Waals surface area contributed by atoms with Crippen molar-refractivity contribution in [3.63, 3.8) is 0 Å². The van der Waals surface area contributed by atoms with Gasteiger partial charge in [0.2, 0.25) is 5.91 Å². The Kier molecular flexibility index (Phi) is 4.36. The zero-order chi connectivity index (χ0) is 15.4. The molecule has 1 aliphatic rings. The van der Waals surface area contributed by atoms with Crippen LogP contribution in [0.5, 0.6) is 0 Å². The van der Waals surface area contributed by atoms with Crippen molar-refractivity contribution in [2.24, 2.45) is 11.5 Å². The highest BCUT2D eigenvalue weighted by molar-refractivity contribution is 5.95. The Morgan fingerprint density at radius 3 is 2.24 bits per heavy atom. The largest absolute Gasteiger partial charge is 0.366 e. The normalized spacial score (nSPS) is 15.4. The average Bonchev–Trinajstić information content (AvgIpc) is 2.72. The standard InChI is InChI=1S/C13H17N5O3/c14-11(19)9-2-3-10(16-8-9)12(20)17-4-1-5-18(7-6-17)13(15)21/h2-3,8H,1,4-7H2,(H2,14,19)(H2,15,21). The summed E-state index contributed by atoms with van der Waals surface area (Å²) in [5.41, 5.74) is 10.9. The van der Waals surface area contributed by atoms with Crippen LogP contribution in [0, 0.1) is 0 Å². The summed E-state index contributed by atoms with van der Waals surface area (Å²) in [6.45, 7) is 1.87. The molecule has 1 aromatic heterocycles. The van der Waals surface area contributed by atoms with Gasteiger partial charge in [0.15, 0.2) is 0 Å². The van der Waals surface area contributed by atoms with E-state index in [2.05, 4.69) is 4.98 Å². The van der Waals surface area contributed by atoms with E-state index >= 15 is 0 Å². The van der Waals surface area contributed by atoms with Gasteiger partial charge in [0.25, 0.3) is 5.91 Å². The number of carbonyl (C=O) groups excluding carboxylic acids is 3. The van der Waals surface area contributed by atoms with E-state index in [1.807, 2.05) is 0 Å². The highest BCUT2D eigenvalue weighted by atomic mass is 16.2. The van der Waals surface area contributed by atoms with Gasteiger partial charge in [-0.3, -0.25) is 14.6 Å². The third-order valence-electron chi connectivity index (χ3n) is 3.36. The highest BCUT2D eigenvalue weighted by Crippen LogP contribution is 2.08. The number of primary amides is 2. The number of nitrogens with two attached hydrogens (primary N) is 2. The Morgan fingerprint density at radius 2 is 1.67 bits per heavy atom. The Labute approximate surface area is 121 Å². The average molecular weight is 291 g/mol. The number of aromatic nitrogens is 1. The fourth-order valence-corrected chi connectivity index (χ4v) is 2.17.